The number of benzene rings is 1. The van der Waals surface area contributed by atoms with Crippen LogP contribution in [0.15, 0.2) is 18.2 Å². The SMILES string of the molecule is CC1Cc2cc(CC3(CN)CC3)ccc2O1. The molecule has 2 aliphatic rings. The molecule has 0 aromatic heterocycles. The van der Waals surface area contributed by atoms with Crippen LogP contribution in [0.1, 0.15) is 30.9 Å². The van der Waals surface area contributed by atoms with E-state index in [1.807, 2.05) is 0 Å². The highest BCUT2D eigenvalue weighted by atomic mass is 16.5. The maximum atomic E-state index is 5.83. The molecule has 1 saturated carbocycles. The topological polar surface area (TPSA) is 35.2 Å². The molecule has 3 rings (SSSR count). The Bertz CT molecular complexity index is 409. The van der Waals surface area contributed by atoms with Crippen LogP contribution in [0, 0.1) is 5.41 Å². The van der Waals surface area contributed by atoms with Crippen molar-refractivity contribution >= 4 is 0 Å². The zero-order valence-electron chi connectivity index (χ0n) is 9.83. The lowest BCUT2D eigenvalue weighted by Gasteiger charge is -2.12. The highest BCUT2D eigenvalue weighted by Gasteiger charge is 2.41. The molecule has 1 aliphatic heterocycles. The molecule has 2 nitrogen and oxygen atoms in total. The quantitative estimate of drug-likeness (QED) is 0.843. The number of ether oxygens (including phenoxy) is 1. The molecule has 2 N–H and O–H groups in total. The molecule has 0 spiro atoms. The van der Waals surface area contributed by atoms with Gasteiger partial charge < -0.3 is 10.5 Å². The molecule has 0 saturated heterocycles. The first kappa shape index (κ1) is 10.2. The summed E-state index contributed by atoms with van der Waals surface area (Å²) in [6.07, 6.45) is 5.14. The van der Waals surface area contributed by atoms with Crippen molar-refractivity contribution in [3.05, 3.63) is 29.3 Å². The number of hydrogen-bond acceptors (Lipinski definition) is 2. The van der Waals surface area contributed by atoms with E-state index in [-0.39, 0.29) is 0 Å². The third kappa shape index (κ3) is 1.71. The molecule has 1 heterocycles. The molecule has 1 fully saturated rings. The summed E-state index contributed by atoms with van der Waals surface area (Å²) >= 11 is 0. The third-order valence-electron chi connectivity index (χ3n) is 3.93. The molecule has 1 unspecified atom stereocenters. The second kappa shape index (κ2) is 3.49. The van der Waals surface area contributed by atoms with Crippen LogP contribution >= 0.6 is 0 Å². The number of fused-ring (bicyclic) bond motifs is 1. The van der Waals surface area contributed by atoms with Crippen molar-refractivity contribution in [3.63, 3.8) is 0 Å². The van der Waals surface area contributed by atoms with Crippen molar-refractivity contribution in [2.24, 2.45) is 11.1 Å². The van der Waals surface area contributed by atoms with Gasteiger partial charge in [-0.3, -0.25) is 0 Å². The molecule has 2 heteroatoms. The standard InChI is InChI=1S/C14H19NO/c1-10-6-12-7-11(2-3-13(12)16-10)8-14(9-15)4-5-14/h2-3,7,10H,4-6,8-9,15H2,1H3. The van der Waals surface area contributed by atoms with Gasteiger partial charge in [-0.25, -0.2) is 0 Å². The van der Waals surface area contributed by atoms with Gasteiger partial charge in [-0.1, -0.05) is 12.1 Å². The fourth-order valence-corrected chi connectivity index (χ4v) is 2.65. The minimum Gasteiger partial charge on any atom is -0.490 e. The van der Waals surface area contributed by atoms with Crippen molar-refractivity contribution in [1.82, 2.24) is 0 Å². The third-order valence-corrected chi connectivity index (χ3v) is 3.93. The molecule has 1 aliphatic carbocycles. The van der Waals surface area contributed by atoms with Gasteiger partial charge in [0.1, 0.15) is 11.9 Å². The number of rotatable bonds is 3. The Kier molecular flexibility index (Phi) is 2.21. The van der Waals surface area contributed by atoms with Gasteiger partial charge in [-0.2, -0.15) is 0 Å². The first-order chi connectivity index (χ1) is 7.71. The number of hydrogen-bond donors (Lipinski definition) is 1. The molecule has 86 valence electrons. The van der Waals surface area contributed by atoms with Crippen LogP contribution in [0.4, 0.5) is 0 Å². The Morgan fingerprint density at radius 2 is 2.25 bits per heavy atom. The Hall–Kier alpha value is -1.02. The number of nitrogens with two attached hydrogens (primary N) is 1. The van der Waals surface area contributed by atoms with Gasteiger partial charge in [0.25, 0.3) is 0 Å². The van der Waals surface area contributed by atoms with Crippen LogP contribution in [0.25, 0.3) is 0 Å². The summed E-state index contributed by atoms with van der Waals surface area (Å²) in [5.74, 6) is 1.08. The van der Waals surface area contributed by atoms with E-state index in [0.717, 1.165) is 25.1 Å². The fourth-order valence-electron chi connectivity index (χ4n) is 2.65. The van der Waals surface area contributed by atoms with Crippen molar-refractivity contribution < 1.29 is 4.74 Å². The predicted octanol–water partition coefficient (Wildman–Crippen LogP) is 2.29. The van der Waals surface area contributed by atoms with E-state index in [1.54, 1.807) is 0 Å². The summed E-state index contributed by atoms with van der Waals surface area (Å²) in [5.41, 5.74) is 9.06. The first-order valence-electron chi connectivity index (χ1n) is 6.19. The van der Waals surface area contributed by atoms with Crippen LogP contribution in [-0.2, 0) is 12.8 Å². The maximum absolute atomic E-state index is 5.83. The normalized spacial score (nSPS) is 25.0. The summed E-state index contributed by atoms with van der Waals surface area (Å²) in [4.78, 5) is 0. The highest BCUT2D eigenvalue weighted by molar-refractivity contribution is 5.41. The summed E-state index contributed by atoms with van der Waals surface area (Å²) in [5, 5.41) is 0. The zero-order valence-corrected chi connectivity index (χ0v) is 9.83. The first-order valence-corrected chi connectivity index (χ1v) is 6.19. The fraction of sp³-hybridized carbons (Fsp3) is 0.571. The van der Waals surface area contributed by atoms with Crippen LogP contribution < -0.4 is 10.5 Å². The van der Waals surface area contributed by atoms with E-state index >= 15 is 0 Å². The molecule has 1 aromatic carbocycles. The molecule has 0 amide bonds. The van der Waals surface area contributed by atoms with E-state index in [2.05, 4.69) is 25.1 Å². The lowest BCUT2D eigenvalue weighted by Crippen LogP contribution is -2.17. The highest BCUT2D eigenvalue weighted by Crippen LogP contribution is 2.47. The minimum atomic E-state index is 0.342. The van der Waals surface area contributed by atoms with Crippen LogP contribution in [0.2, 0.25) is 0 Å². The van der Waals surface area contributed by atoms with Gasteiger partial charge >= 0.3 is 0 Å². The van der Waals surface area contributed by atoms with Crippen molar-refractivity contribution in [2.75, 3.05) is 6.54 Å². The van der Waals surface area contributed by atoms with Crippen molar-refractivity contribution in [2.45, 2.75) is 38.7 Å². The Morgan fingerprint density at radius 1 is 1.44 bits per heavy atom. The Labute approximate surface area is 96.8 Å². The van der Waals surface area contributed by atoms with E-state index in [1.165, 1.54) is 24.0 Å². The average Bonchev–Trinajstić information content (AvgIpc) is 2.93. The summed E-state index contributed by atoms with van der Waals surface area (Å²) < 4.78 is 5.71. The monoisotopic (exact) mass is 217 g/mol. The molecule has 16 heavy (non-hydrogen) atoms. The summed E-state index contributed by atoms with van der Waals surface area (Å²) in [6.45, 7) is 2.96. The van der Waals surface area contributed by atoms with Crippen LogP contribution in [0.3, 0.4) is 0 Å². The molecule has 1 aromatic rings. The summed E-state index contributed by atoms with van der Waals surface area (Å²) in [7, 11) is 0. The van der Waals surface area contributed by atoms with Gasteiger partial charge in [-0.05, 0) is 55.3 Å². The Morgan fingerprint density at radius 3 is 2.94 bits per heavy atom. The van der Waals surface area contributed by atoms with Gasteiger partial charge in [0.05, 0.1) is 0 Å². The van der Waals surface area contributed by atoms with E-state index in [9.17, 15) is 0 Å². The van der Waals surface area contributed by atoms with Gasteiger partial charge in [-0.15, -0.1) is 0 Å². The lowest BCUT2D eigenvalue weighted by molar-refractivity contribution is 0.254. The molecule has 0 bridgehead atoms. The largest absolute Gasteiger partial charge is 0.490 e. The van der Waals surface area contributed by atoms with Crippen LogP contribution in [-0.4, -0.2) is 12.6 Å². The Balaban J connectivity index is 1.80. The maximum Gasteiger partial charge on any atom is 0.123 e. The zero-order chi connectivity index (χ0) is 11.2. The second-order valence-electron chi connectivity index (χ2n) is 5.46. The lowest BCUT2D eigenvalue weighted by atomic mass is 9.95. The molecule has 1 atom stereocenters. The van der Waals surface area contributed by atoms with Gasteiger partial charge in [0.15, 0.2) is 0 Å². The van der Waals surface area contributed by atoms with Gasteiger partial charge in [0, 0.05) is 6.42 Å². The average molecular weight is 217 g/mol. The smallest absolute Gasteiger partial charge is 0.123 e. The molecular weight excluding hydrogens is 198 g/mol. The van der Waals surface area contributed by atoms with E-state index in [0.29, 0.717) is 11.5 Å². The van der Waals surface area contributed by atoms with Gasteiger partial charge in [0.2, 0.25) is 0 Å². The van der Waals surface area contributed by atoms with Crippen molar-refractivity contribution in [3.8, 4) is 5.75 Å². The van der Waals surface area contributed by atoms with Crippen LogP contribution in [0.5, 0.6) is 5.75 Å². The second-order valence-corrected chi connectivity index (χ2v) is 5.46. The van der Waals surface area contributed by atoms with E-state index in [4.69, 9.17) is 10.5 Å². The predicted molar refractivity (Wildman–Crippen MR) is 64.7 cm³/mol. The van der Waals surface area contributed by atoms with E-state index < -0.39 is 0 Å². The van der Waals surface area contributed by atoms with Crippen molar-refractivity contribution in [1.29, 1.82) is 0 Å². The summed E-state index contributed by atoms with van der Waals surface area (Å²) in [6, 6.07) is 6.64. The molecular formula is C14H19NO. The minimum absolute atomic E-state index is 0.342. The molecule has 0 radical (unpaired) electrons.